The first kappa shape index (κ1) is 13.6. The lowest BCUT2D eigenvalue weighted by Crippen LogP contribution is -2.17. The molecule has 16 heavy (non-hydrogen) atoms. The van der Waals surface area contributed by atoms with Crippen LogP contribution in [0.25, 0.3) is 0 Å². The summed E-state index contributed by atoms with van der Waals surface area (Å²) in [5.74, 6) is 0.693. The fourth-order valence-corrected chi connectivity index (χ4v) is 2.73. The molecule has 4 heteroatoms. The highest BCUT2D eigenvalue weighted by molar-refractivity contribution is 8.00. The number of methoxy groups -OCH3 is 1. The highest BCUT2D eigenvalue weighted by Crippen LogP contribution is 2.22. The van der Waals surface area contributed by atoms with Crippen molar-refractivity contribution < 1.29 is 14.3 Å². The van der Waals surface area contributed by atoms with Crippen LogP contribution >= 0.6 is 11.8 Å². The molecule has 0 N–H and O–H groups in total. The maximum Gasteiger partial charge on any atom is 0.333 e. The van der Waals surface area contributed by atoms with Crippen molar-refractivity contribution in [1.82, 2.24) is 0 Å². The van der Waals surface area contributed by atoms with Gasteiger partial charge in [-0.1, -0.05) is 13.0 Å². The van der Waals surface area contributed by atoms with Crippen LogP contribution in [0.4, 0.5) is 0 Å². The summed E-state index contributed by atoms with van der Waals surface area (Å²) in [4.78, 5) is 11.3. The summed E-state index contributed by atoms with van der Waals surface area (Å²) < 4.78 is 10.0. The van der Waals surface area contributed by atoms with Crippen LogP contribution in [-0.4, -0.2) is 37.3 Å². The van der Waals surface area contributed by atoms with Gasteiger partial charge in [0.1, 0.15) is 0 Å². The molecule has 92 valence electrons. The Morgan fingerprint density at radius 1 is 1.50 bits per heavy atom. The summed E-state index contributed by atoms with van der Waals surface area (Å²) in [6.45, 7) is 3.72. The molecule has 0 aromatic carbocycles. The van der Waals surface area contributed by atoms with Gasteiger partial charge in [0.2, 0.25) is 0 Å². The molecule has 0 aromatic rings. The van der Waals surface area contributed by atoms with Gasteiger partial charge in [0.05, 0.1) is 7.11 Å². The van der Waals surface area contributed by atoms with E-state index in [4.69, 9.17) is 9.47 Å². The van der Waals surface area contributed by atoms with Gasteiger partial charge < -0.3 is 9.47 Å². The Kier molecular flexibility index (Phi) is 6.57. The molecule has 1 aliphatic rings. The molecule has 0 unspecified atom stereocenters. The van der Waals surface area contributed by atoms with E-state index in [-0.39, 0.29) is 5.97 Å². The van der Waals surface area contributed by atoms with E-state index in [0.29, 0.717) is 5.25 Å². The number of carbonyl (C=O) groups excluding carboxylic acids is 1. The molecule has 0 aromatic heterocycles. The monoisotopic (exact) mass is 244 g/mol. The molecule has 0 bridgehead atoms. The summed E-state index contributed by atoms with van der Waals surface area (Å²) in [5.41, 5.74) is 0.780. The predicted molar refractivity (Wildman–Crippen MR) is 66.7 cm³/mol. The predicted octanol–water partition coefficient (Wildman–Crippen LogP) is 2.41. The Morgan fingerprint density at radius 3 is 2.75 bits per heavy atom. The number of ether oxygens (including phenoxy) is 2. The van der Waals surface area contributed by atoms with Crippen LogP contribution < -0.4 is 0 Å². The van der Waals surface area contributed by atoms with Crippen LogP contribution in [0.5, 0.6) is 0 Å². The Hall–Kier alpha value is -0.480. The first-order valence-corrected chi connectivity index (χ1v) is 6.79. The van der Waals surface area contributed by atoms with Gasteiger partial charge in [0, 0.05) is 29.8 Å². The van der Waals surface area contributed by atoms with E-state index in [1.165, 1.54) is 7.11 Å². The summed E-state index contributed by atoms with van der Waals surface area (Å²) in [6, 6.07) is 0. The average molecular weight is 244 g/mol. The topological polar surface area (TPSA) is 35.5 Å². The minimum atomic E-state index is -0.199. The first-order valence-electron chi connectivity index (χ1n) is 5.74. The van der Waals surface area contributed by atoms with Gasteiger partial charge in [-0.25, -0.2) is 4.79 Å². The van der Waals surface area contributed by atoms with Crippen molar-refractivity contribution >= 4 is 17.7 Å². The number of rotatable bonds is 5. The highest BCUT2D eigenvalue weighted by atomic mass is 32.2. The standard InChI is InChI=1S/C12H20O3S/c1-3-10(12(13)14-2)6-9-16-11-4-7-15-8-5-11/h6,11H,3-5,7-9H2,1-2H3. The van der Waals surface area contributed by atoms with Crippen molar-refractivity contribution in [2.24, 2.45) is 0 Å². The van der Waals surface area contributed by atoms with Crippen LogP contribution in [0.15, 0.2) is 11.6 Å². The molecule has 0 saturated carbocycles. The second kappa shape index (κ2) is 7.74. The minimum Gasteiger partial charge on any atom is -0.466 e. The molecule has 1 aliphatic heterocycles. The maximum absolute atomic E-state index is 11.3. The number of hydrogen-bond donors (Lipinski definition) is 0. The lowest BCUT2D eigenvalue weighted by atomic mass is 10.2. The third-order valence-electron chi connectivity index (χ3n) is 2.66. The van der Waals surface area contributed by atoms with Gasteiger partial charge in [-0.05, 0) is 19.3 Å². The summed E-state index contributed by atoms with van der Waals surface area (Å²) in [6.07, 6.45) is 4.98. The lowest BCUT2D eigenvalue weighted by molar-refractivity contribution is -0.136. The van der Waals surface area contributed by atoms with Crippen LogP contribution in [0.3, 0.4) is 0 Å². The molecular weight excluding hydrogens is 224 g/mol. The van der Waals surface area contributed by atoms with Crippen molar-refractivity contribution in [2.45, 2.75) is 31.4 Å². The zero-order valence-electron chi connectivity index (χ0n) is 10.0. The smallest absolute Gasteiger partial charge is 0.333 e. The molecule has 1 fully saturated rings. The van der Waals surface area contributed by atoms with E-state index in [1.54, 1.807) is 0 Å². The average Bonchev–Trinajstić information content (AvgIpc) is 2.35. The van der Waals surface area contributed by atoms with Gasteiger partial charge in [-0.15, -0.1) is 0 Å². The van der Waals surface area contributed by atoms with Gasteiger partial charge in [0.25, 0.3) is 0 Å². The summed E-state index contributed by atoms with van der Waals surface area (Å²) in [7, 11) is 1.43. The lowest BCUT2D eigenvalue weighted by Gasteiger charge is -2.20. The van der Waals surface area contributed by atoms with Crippen molar-refractivity contribution in [2.75, 3.05) is 26.1 Å². The normalized spacial score (nSPS) is 18.5. The third-order valence-corrected chi connectivity index (χ3v) is 3.96. The zero-order valence-corrected chi connectivity index (χ0v) is 10.8. The zero-order chi connectivity index (χ0) is 11.8. The van der Waals surface area contributed by atoms with Crippen molar-refractivity contribution in [3.63, 3.8) is 0 Å². The van der Waals surface area contributed by atoms with Crippen LogP contribution in [0, 0.1) is 0 Å². The molecular formula is C12H20O3S. The quantitative estimate of drug-likeness (QED) is 0.549. The van der Waals surface area contributed by atoms with Gasteiger partial charge in [-0.3, -0.25) is 0 Å². The molecule has 0 aliphatic carbocycles. The molecule has 0 atom stereocenters. The molecule has 0 radical (unpaired) electrons. The van der Waals surface area contributed by atoms with Crippen molar-refractivity contribution in [1.29, 1.82) is 0 Å². The third kappa shape index (κ3) is 4.58. The minimum absolute atomic E-state index is 0.199. The molecule has 1 saturated heterocycles. The Labute approximate surface area is 102 Å². The van der Waals surface area contributed by atoms with E-state index in [2.05, 4.69) is 0 Å². The van der Waals surface area contributed by atoms with E-state index in [0.717, 1.165) is 43.8 Å². The van der Waals surface area contributed by atoms with Crippen molar-refractivity contribution in [3.8, 4) is 0 Å². The van der Waals surface area contributed by atoms with E-state index in [9.17, 15) is 4.79 Å². The molecule has 1 heterocycles. The second-order valence-electron chi connectivity index (χ2n) is 3.72. The largest absolute Gasteiger partial charge is 0.466 e. The van der Waals surface area contributed by atoms with Crippen molar-refractivity contribution in [3.05, 3.63) is 11.6 Å². The van der Waals surface area contributed by atoms with Crippen LogP contribution in [0.2, 0.25) is 0 Å². The fraction of sp³-hybridized carbons (Fsp3) is 0.750. The molecule has 0 spiro atoms. The number of thioether (sulfide) groups is 1. The molecule has 1 rings (SSSR count). The van der Waals surface area contributed by atoms with Crippen LogP contribution in [0.1, 0.15) is 26.2 Å². The summed E-state index contributed by atoms with van der Waals surface area (Å²) >= 11 is 1.90. The number of hydrogen-bond acceptors (Lipinski definition) is 4. The Bertz CT molecular complexity index is 245. The molecule has 3 nitrogen and oxygen atoms in total. The molecule has 0 amide bonds. The number of esters is 1. The SMILES string of the molecule is CCC(=CCSC1CCOCC1)C(=O)OC. The Balaban J connectivity index is 2.30. The second-order valence-corrected chi connectivity index (χ2v) is 5.05. The summed E-state index contributed by atoms with van der Waals surface area (Å²) in [5, 5.41) is 0.681. The maximum atomic E-state index is 11.3. The van der Waals surface area contributed by atoms with E-state index in [1.807, 2.05) is 24.8 Å². The number of carbonyl (C=O) groups is 1. The highest BCUT2D eigenvalue weighted by Gasteiger charge is 2.13. The van der Waals surface area contributed by atoms with E-state index < -0.39 is 0 Å². The van der Waals surface area contributed by atoms with Gasteiger partial charge in [-0.2, -0.15) is 11.8 Å². The fourth-order valence-electron chi connectivity index (χ4n) is 1.63. The van der Waals surface area contributed by atoms with E-state index >= 15 is 0 Å². The van der Waals surface area contributed by atoms with Crippen LogP contribution in [-0.2, 0) is 14.3 Å². The first-order chi connectivity index (χ1) is 7.77. The van der Waals surface area contributed by atoms with Gasteiger partial charge in [0.15, 0.2) is 0 Å². The van der Waals surface area contributed by atoms with Gasteiger partial charge >= 0.3 is 5.97 Å². The Morgan fingerprint density at radius 2 is 2.19 bits per heavy atom.